The van der Waals surface area contributed by atoms with Crippen LogP contribution >= 0.6 is 11.3 Å². The zero-order valence-corrected chi connectivity index (χ0v) is 12.8. The van der Waals surface area contributed by atoms with E-state index < -0.39 is 5.60 Å². The number of nitrogens with one attached hydrogen (secondary N) is 2. The summed E-state index contributed by atoms with van der Waals surface area (Å²) in [6.07, 6.45) is 0. The van der Waals surface area contributed by atoms with Crippen LogP contribution < -0.4 is 10.6 Å². The molecule has 0 radical (unpaired) electrons. The molecule has 0 spiro atoms. The molecule has 5 nitrogen and oxygen atoms in total. The van der Waals surface area contributed by atoms with E-state index in [4.69, 9.17) is 4.42 Å². The normalized spacial score (nSPS) is 13.7. The summed E-state index contributed by atoms with van der Waals surface area (Å²) >= 11 is 1.43. The lowest BCUT2D eigenvalue weighted by Gasteiger charge is -2.21. The van der Waals surface area contributed by atoms with Gasteiger partial charge in [0, 0.05) is 5.39 Å². The number of carbonyl (C=O) groups is 1. The van der Waals surface area contributed by atoms with Gasteiger partial charge in [-0.3, -0.25) is 5.32 Å². The van der Waals surface area contributed by atoms with Crippen LogP contribution in [0.25, 0.3) is 11.0 Å². The molecular weight excluding hydrogens is 300 g/mol. The zero-order valence-electron chi connectivity index (χ0n) is 12.0. The molecule has 0 bridgehead atoms. The molecule has 2 heterocycles. The van der Waals surface area contributed by atoms with E-state index in [2.05, 4.69) is 10.6 Å². The van der Waals surface area contributed by atoms with E-state index in [1.165, 1.54) is 11.3 Å². The standard InChI is InChI=1S/C16H16N2O3S/c1-16(20,10-17-15(19)18-14-7-4-8-22-14)13-9-11-5-2-3-6-12(11)21-13/h2-9,20H,10H2,1H3,(H2,17,18,19)/t16-/m1/s1. The highest BCUT2D eigenvalue weighted by Crippen LogP contribution is 2.27. The van der Waals surface area contributed by atoms with Crippen LogP contribution in [0.2, 0.25) is 0 Å². The summed E-state index contributed by atoms with van der Waals surface area (Å²) in [6, 6.07) is 12.6. The van der Waals surface area contributed by atoms with Crippen molar-refractivity contribution in [2.24, 2.45) is 0 Å². The van der Waals surface area contributed by atoms with E-state index in [1.54, 1.807) is 13.0 Å². The van der Waals surface area contributed by atoms with Crippen LogP contribution in [0.1, 0.15) is 12.7 Å². The lowest BCUT2D eigenvalue weighted by molar-refractivity contribution is 0.0388. The van der Waals surface area contributed by atoms with Crippen molar-refractivity contribution in [3.63, 3.8) is 0 Å². The molecule has 0 saturated carbocycles. The minimum Gasteiger partial charge on any atom is -0.458 e. The molecule has 22 heavy (non-hydrogen) atoms. The van der Waals surface area contributed by atoms with Gasteiger partial charge in [0.2, 0.25) is 0 Å². The molecule has 3 rings (SSSR count). The van der Waals surface area contributed by atoms with Gasteiger partial charge in [-0.15, -0.1) is 11.3 Å². The van der Waals surface area contributed by atoms with Gasteiger partial charge in [0.15, 0.2) is 0 Å². The van der Waals surface area contributed by atoms with Crippen LogP contribution in [0.5, 0.6) is 0 Å². The SMILES string of the molecule is C[C@@](O)(CNC(=O)Nc1cccs1)c1cc2ccccc2o1. The summed E-state index contributed by atoms with van der Waals surface area (Å²) in [6.45, 7) is 1.65. The van der Waals surface area contributed by atoms with Crippen molar-refractivity contribution >= 4 is 33.3 Å². The molecule has 2 amide bonds. The number of hydrogen-bond donors (Lipinski definition) is 3. The maximum Gasteiger partial charge on any atom is 0.319 e. The fraction of sp³-hybridized carbons (Fsp3) is 0.188. The Balaban J connectivity index is 1.66. The van der Waals surface area contributed by atoms with Crippen LogP contribution in [0.15, 0.2) is 52.3 Å². The number of amides is 2. The van der Waals surface area contributed by atoms with Gasteiger partial charge in [0.25, 0.3) is 0 Å². The van der Waals surface area contributed by atoms with E-state index in [0.717, 1.165) is 10.4 Å². The molecule has 0 saturated heterocycles. The highest BCUT2D eigenvalue weighted by atomic mass is 32.1. The number of hydrogen-bond acceptors (Lipinski definition) is 4. The molecule has 114 valence electrons. The van der Waals surface area contributed by atoms with Gasteiger partial charge < -0.3 is 14.8 Å². The fourth-order valence-corrected chi connectivity index (χ4v) is 2.71. The van der Waals surface area contributed by atoms with Gasteiger partial charge in [-0.25, -0.2) is 4.79 Å². The summed E-state index contributed by atoms with van der Waals surface area (Å²) in [4.78, 5) is 11.8. The van der Waals surface area contributed by atoms with Crippen LogP contribution in [0.4, 0.5) is 9.80 Å². The van der Waals surface area contributed by atoms with Crippen molar-refractivity contribution < 1.29 is 14.3 Å². The molecule has 0 aliphatic rings. The number of para-hydroxylation sites is 1. The third-order valence-corrected chi connectivity index (χ3v) is 4.09. The van der Waals surface area contributed by atoms with Gasteiger partial charge >= 0.3 is 6.03 Å². The Morgan fingerprint density at radius 1 is 1.32 bits per heavy atom. The fourth-order valence-electron chi connectivity index (χ4n) is 2.09. The number of fused-ring (bicyclic) bond motifs is 1. The number of benzene rings is 1. The predicted molar refractivity (Wildman–Crippen MR) is 87.1 cm³/mol. The molecule has 1 atom stereocenters. The number of aliphatic hydroxyl groups is 1. The first-order valence-corrected chi connectivity index (χ1v) is 7.72. The first kappa shape index (κ1) is 14.6. The topological polar surface area (TPSA) is 74.5 Å². The van der Waals surface area contributed by atoms with E-state index in [0.29, 0.717) is 11.3 Å². The second-order valence-electron chi connectivity index (χ2n) is 5.21. The number of urea groups is 1. The van der Waals surface area contributed by atoms with Crippen LogP contribution in [-0.2, 0) is 5.60 Å². The largest absolute Gasteiger partial charge is 0.458 e. The summed E-state index contributed by atoms with van der Waals surface area (Å²) in [5.41, 5.74) is -0.577. The predicted octanol–water partition coefficient (Wildman–Crippen LogP) is 3.52. The van der Waals surface area contributed by atoms with Gasteiger partial charge in [0.05, 0.1) is 11.5 Å². The van der Waals surface area contributed by atoms with Crippen LogP contribution in [0.3, 0.4) is 0 Å². The second kappa shape index (κ2) is 5.82. The summed E-state index contributed by atoms with van der Waals surface area (Å²) in [5.74, 6) is 0.421. The van der Waals surface area contributed by atoms with Crippen molar-refractivity contribution in [3.8, 4) is 0 Å². The molecule has 2 aromatic heterocycles. The van der Waals surface area contributed by atoms with Gasteiger partial charge in [-0.2, -0.15) is 0 Å². The Labute approximate surface area is 131 Å². The lowest BCUT2D eigenvalue weighted by atomic mass is 10.0. The van der Waals surface area contributed by atoms with Crippen molar-refractivity contribution in [1.82, 2.24) is 5.32 Å². The molecule has 3 aromatic rings. The molecule has 1 aromatic carbocycles. The number of rotatable bonds is 4. The van der Waals surface area contributed by atoms with E-state index in [1.807, 2.05) is 41.8 Å². The first-order chi connectivity index (χ1) is 10.5. The zero-order chi connectivity index (χ0) is 15.6. The Morgan fingerprint density at radius 2 is 2.14 bits per heavy atom. The van der Waals surface area contributed by atoms with Crippen molar-refractivity contribution in [2.75, 3.05) is 11.9 Å². The Morgan fingerprint density at radius 3 is 2.86 bits per heavy atom. The highest BCUT2D eigenvalue weighted by molar-refractivity contribution is 7.14. The first-order valence-electron chi connectivity index (χ1n) is 6.84. The third-order valence-electron chi connectivity index (χ3n) is 3.31. The Hall–Kier alpha value is -2.31. The van der Waals surface area contributed by atoms with E-state index >= 15 is 0 Å². The average Bonchev–Trinajstić information content (AvgIpc) is 3.14. The van der Waals surface area contributed by atoms with Crippen molar-refractivity contribution in [3.05, 3.63) is 53.6 Å². The number of carbonyl (C=O) groups excluding carboxylic acids is 1. The maximum atomic E-state index is 11.8. The third kappa shape index (κ3) is 3.13. The van der Waals surface area contributed by atoms with Crippen LogP contribution in [-0.4, -0.2) is 17.7 Å². The highest BCUT2D eigenvalue weighted by Gasteiger charge is 2.28. The lowest BCUT2D eigenvalue weighted by Crippen LogP contribution is -2.40. The molecule has 6 heteroatoms. The second-order valence-corrected chi connectivity index (χ2v) is 6.16. The Kier molecular flexibility index (Phi) is 3.87. The molecular formula is C16H16N2O3S. The van der Waals surface area contributed by atoms with Crippen LogP contribution in [0, 0.1) is 0 Å². The summed E-state index contributed by atoms with van der Waals surface area (Å²) in [7, 11) is 0. The van der Waals surface area contributed by atoms with Gasteiger partial charge in [-0.05, 0) is 36.6 Å². The van der Waals surface area contributed by atoms with Gasteiger partial charge in [-0.1, -0.05) is 18.2 Å². The minimum atomic E-state index is -1.29. The maximum absolute atomic E-state index is 11.8. The minimum absolute atomic E-state index is 0.0457. The molecule has 0 aliphatic carbocycles. The number of furan rings is 1. The number of anilines is 1. The Bertz CT molecular complexity index is 745. The molecule has 3 N–H and O–H groups in total. The smallest absolute Gasteiger partial charge is 0.319 e. The summed E-state index contributed by atoms with van der Waals surface area (Å²) in [5, 5.41) is 19.4. The molecule has 0 fully saturated rings. The molecule has 0 aliphatic heterocycles. The quantitative estimate of drug-likeness (QED) is 0.689. The van der Waals surface area contributed by atoms with E-state index in [9.17, 15) is 9.90 Å². The molecule has 0 unspecified atom stereocenters. The summed E-state index contributed by atoms with van der Waals surface area (Å²) < 4.78 is 5.65. The van der Waals surface area contributed by atoms with E-state index in [-0.39, 0.29) is 12.6 Å². The van der Waals surface area contributed by atoms with Crippen molar-refractivity contribution in [1.29, 1.82) is 0 Å². The van der Waals surface area contributed by atoms with Gasteiger partial charge in [0.1, 0.15) is 16.9 Å². The average molecular weight is 316 g/mol. The number of thiophene rings is 1. The monoisotopic (exact) mass is 316 g/mol. The van der Waals surface area contributed by atoms with Crippen molar-refractivity contribution in [2.45, 2.75) is 12.5 Å².